The first-order valence-electron chi connectivity index (χ1n) is 6.38. The molecule has 18 heavy (non-hydrogen) atoms. The molecule has 2 rings (SSSR count). The van der Waals surface area contributed by atoms with Crippen LogP contribution in [0.15, 0.2) is 18.2 Å². The molecule has 1 aromatic rings. The minimum Gasteiger partial charge on any atom is -0.382 e. The number of ether oxygens (including phenoxy) is 2. The van der Waals surface area contributed by atoms with Crippen LogP contribution in [-0.2, 0) is 9.47 Å². The smallest absolute Gasteiger partial charge is 0.147 e. The van der Waals surface area contributed by atoms with Crippen LogP contribution in [0.2, 0.25) is 0 Å². The van der Waals surface area contributed by atoms with Crippen LogP contribution in [0.25, 0.3) is 0 Å². The summed E-state index contributed by atoms with van der Waals surface area (Å²) in [6, 6.07) is 6.43. The third kappa shape index (κ3) is 3.37. The van der Waals surface area contributed by atoms with Crippen molar-refractivity contribution in [1.82, 2.24) is 0 Å². The van der Waals surface area contributed by atoms with Crippen molar-refractivity contribution in [1.29, 1.82) is 0 Å². The number of nitrogens with one attached hydrogen (secondary N) is 1. The predicted molar refractivity (Wildman–Crippen MR) is 74.3 cm³/mol. The molecule has 1 N–H and O–H groups in total. The van der Waals surface area contributed by atoms with Gasteiger partial charge in [0.1, 0.15) is 6.79 Å². The van der Waals surface area contributed by atoms with E-state index in [1.54, 1.807) is 0 Å². The number of hydrogen-bond acceptors (Lipinski definition) is 4. The second-order valence-corrected chi connectivity index (χ2v) is 4.88. The van der Waals surface area contributed by atoms with E-state index < -0.39 is 0 Å². The first kappa shape index (κ1) is 13.2. The summed E-state index contributed by atoms with van der Waals surface area (Å²) < 4.78 is 10.7. The van der Waals surface area contributed by atoms with Crippen LogP contribution in [0, 0.1) is 6.92 Å². The van der Waals surface area contributed by atoms with Crippen molar-refractivity contribution < 1.29 is 9.47 Å². The maximum Gasteiger partial charge on any atom is 0.147 e. The van der Waals surface area contributed by atoms with Gasteiger partial charge >= 0.3 is 0 Å². The Morgan fingerprint density at radius 1 is 1.39 bits per heavy atom. The van der Waals surface area contributed by atoms with Crippen molar-refractivity contribution in [3.05, 3.63) is 23.8 Å². The van der Waals surface area contributed by atoms with Crippen molar-refractivity contribution in [3.63, 3.8) is 0 Å². The monoisotopic (exact) mass is 250 g/mol. The van der Waals surface area contributed by atoms with Crippen LogP contribution in [0.3, 0.4) is 0 Å². The minimum atomic E-state index is 0.253. The second kappa shape index (κ2) is 6.07. The van der Waals surface area contributed by atoms with Gasteiger partial charge in [0.05, 0.1) is 12.7 Å². The summed E-state index contributed by atoms with van der Waals surface area (Å²) in [7, 11) is 4.13. The van der Waals surface area contributed by atoms with E-state index in [-0.39, 0.29) is 6.10 Å². The normalized spacial score (nSPS) is 19.6. The lowest BCUT2D eigenvalue weighted by atomic mass is 10.1. The van der Waals surface area contributed by atoms with Crippen molar-refractivity contribution in [3.8, 4) is 0 Å². The molecule has 0 radical (unpaired) electrons. The average molecular weight is 250 g/mol. The van der Waals surface area contributed by atoms with Crippen molar-refractivity contribution in [2.75, 3.05) is 44.3 Å². The fourth-order valence-corrected chi connectivity index (χ4v) is 2.10. The van der Waals surface area contributed by atoms with Crippen molar-refractivity contribution >= 4 is 11.4 Å². The standard InChI is InChI=1S/C14H22N2O2/c1-11-4-5-12(8-14(11)16(2)3)15-9-13-6-7-17-10-18-13/h4-5,8,13,15H,6-7,9-10H2,1-3H3. The summed E-state index contributed by atoms with van der Waals surface area (Å²) in [6.45, 7) is 4.17. The predicted octanol–water partition coefficient (Wildman–Crippen LogP) is 2.24. The molecule has 0 amide bonds. The van der Waals surface area contributed by atoms with Gasteiger partial charge in [-0.2, -0.15) is 0 Å². The molecule has 0 spiro atoms. The Morgan fingerprint density at radius 2 is 2.22 bits per heavy atom. The molecule has 1 atom stereocenters. The zero-order valence-corrected chi connectivity index (χ0v) is 11.4. The SMILES string of the molecule is Cc1ccc(NCC2CCOCO2)cc1N(C)C. The lowest BCUT2D eigenvalue weighted by Crippen LogP contribution is -2.30. The van der Waals surface area contributed by atoms with Gasteiger partial charge in [0.2, 0.25) is 0 Å². The van der Waals surface area contributed by atoms with Crippen LogP contribution < -0.4 is 10.2 Å². The first-order valence-corrected chi connectivity index (χ1v) is 6.38. The molecule has 1 saturated heterocycles. The van der Waals surface area contributed by atoms with E-state index in [1.807, 2.05) is 0 Å². The van der Waals surface area contributed by atoms with E-state index in [4.69, 9.17) is 9.47 Å². The molecule has 1 aliphatic rings. The molecule has 1 heterocycles. The van der Waals surface area contributed by atoms with E-state index in [0.29, 0.717) is 6.79 Å². The number of benzene rings is 1. The van der Waals surface area contributed by atoms with E-state index in [1.165, 1.54) is 11.3 Å². The van der Waals surface area contributed by atoms with Crippen LogP contribution in [-0.4, -0.2) is 40.1 Å². The van der Waals surface area contributed by atoms with Gasteiger partial charge in [-0.05, 0) is 31.0 Å². The van der Waals surface area contributed by atoms with Gasteiger partial charge in [-0.15, -0.1) is 0 Å². The fraction of sp³-hybridized carbons (Fsp3) is 0.571. The molecular formula is C14H22N2O2. The molecule has 1 aliphatic heterocycles. The van der Waals surface area contributed by atoms with Gasteiger partial charge in [0, 0.05) is 32.0 Å². The minimum absolute atomic E-state index is 0.253. The quantitative estimate of drug-likeness (QED) is 0.888. The fourth-order valence-electron chi connectivity index (χ4n) is 2.10. The Labute approximate surface area is 109 Å². The van der Waals surface area contributed by atoms with Crippen LogP contribution in [0.4, 0.5) is 11.4 Å². The lowest BCUT2D eigenvalue weighted by Gasteiger charge is -2.24. The molecule has 1 aromatic carbocycles. The molecule has 0 aliphatic carbocycles. The highest BCUT2D eigenvalue weighted by atomic mass is 16.7. The Morgan fingerprint density at radius 3 is 2.89 bits per heavy atom. The number of nitrogens with zero attached hydrogens (tertiary/aromatic N) is 1. The average Bonchev–Trinajstić information content (AvgIpc) is 2.38. The maximum atomic E-state index is 5.51. The molecule has 1 unspecified atom stereocenters. The van der Waals surface area contributed by atoms with Gasteiger partial charge in [0.15, 0.2) is 0 Å². The third-order valence-electron chi connectivity index (χ3n) is 3.20. The molecule has 100 valence electrons. The van der Waals surface area contributed by atoms with Gasteiger partial charge in [-0.1, -0.05) is 6.07 Å². The molecule has 0 bridgehead atoms. The molecule has 4 heteroatoms. The van der Waals surface area contributed by atoms with Crippen molar-refractivity contribution in [2.24, 2.45) is 0 Å². The molecule has 0 aromatic heterocycles. The summed E-state index contributed by atoms with van der Waals surface area (Å²) in [5.41, 5.74) is 3.67. The third-order valence-corrected chi connectivity index (χ3v) is 3.20. The number of hydrogen-bond donors (Lipinski definition) is 1. The van der Waals surface area contributed by atoms with E-state index in [2.05, 4.69) is 49.4 Å². The van der Waals surface area contributed by atoms with Crippen LogP contribution >= 0.6 is 0 Å². The Hall–Kier alpha value is -1.26. The maximum absolute atomic E-state index is 5.51. The lowest BCUT2D eigenvalue weighted by molar-refractivity contribution is -0.133. The van der Waals surface area contributed by atoms with Gasteiger partial charge in [-0.25, -0.2) is 0 Å². The van der Waals surface area contributed by atoms with Crippen LogP contribution in [0.5, 0.6) is 0 Å². The summed E-state index contributed by atoms with van der Waals surface area (Å²) in [5.74, 6) is 0. The Balaban J connectivity index is 1.94. The topological polar surface area (TPSA) is 33.7 Å². The summed E-state index contributed by atoms with van der Waals surface area (Å²) in [6.07, 6.45) is 1.21. The zero-order chi connectivity index (χ0) is 13.0. The summed E-state index contributed by atoms with van der Waals surface area (Å²) in [5, 5.41) is 3.43. The van der Waals surface area contributed by atoms with E-state index in [9.17, 15) is 0 Å². The Kier molecular flexibility index (Phi) is 4.44. The zero-order valence-electron chi connectivity index (χ0n) is 11.4. The molecule has 1 fully saturated rings. The van der Waals surface area contributed by atoms with Crippen LogP contribution in [0.1, 0.15) is 12.0 Å². The Bertz CT molecular complexity index is 387. The second-order valence-electron chi connectivity index (χ2n) is 4.88. The first-order chi connectivity index (χ1) is 8.66. The van der Waals surface area contributed by atoms with Gasteiger partial charge in [-0.3, -0.25) is 0 Å². The molecule has 0 saturated carbocycles. The number of anilines is 2. The highest BCUT2D eigenvalue weighted by Gasteiger charge is 2.13. The van der Waals surface area contributed by atoms with Crippen molar-refractivity contribution in [2.45, 2.75) is 19.4 Å². The largest absolute Gasteiger partial charge is 0.382 e. The van der Waals surface area contributed by atoms with E-state index in [0.717, 1.165) is 25.3 Å². The van der Waals surface area contributed by atoms with Gasteiger partial charge < -0.3 is 19.7 Å². The summed E-state index contributed by atoms with van der Waals surface area (Å²) >= 11 is 0. The number of rotatable bonds is 4. The molecule has 4 nitrogen and oxygen atoms in total. The number of aryl methyl sites for hydroxylation is 1. The summed E-state index contributed by atoms with van der Waals surface area (Å²) in [4.78, 5) is 2.13. The van der Waals surface area contributed by atoms with Gasteiger partial charge in [0.25, 0.3) is 0 Å². The highest BCUT2D eigenvalue weighted by molar-refractivity contribution is 5.61. The molecular weight excluding hydrogens is 228 g/mol. The van der Waals surface area contributed by atoms with E-state index >= 15 is 0 Å². The highest BCUT2D eigenvalue weighted by Crippen LogP contribution is 2.22.